The number of nitrogens with two attached hydrogens (primary N) is 1. The zero-order chi connectivity index (χ0) is 22.8. The van der Waals surface area contributed by atoms with Crippen molar-refractivity contribution < 1.29 is 9.53 Å². The monoisotopic (exact) mass is 451 g/mol. The molecule has 0 aromatic heterocycles. The molecule has 0 radical (unpaired) electrons. The number of carbonyl (C=O) groups excluding carboxylic acids is 1. The van der Waals surface area contributed by atoms with Crippen molar-refractivity contribution in [3.63, 3.8) is 0 Å². The zero-order valence-corrected chi connectivity index (χ0v) is 20.5. The van der Waals surface area contributed by atoms with Crippen molar-refractivity contribution in [1.82, 2.24) is 10.2 Å². The summed E-state index contributed by atoms with van der Waals surface area (Å²) in [6.45, 7) is 12.8. The minimum atomic E-state index is -0.268. The van der Waals surface area contributed by atoms with Crippen LogP contribution in [0.25, 0.3) is 0 Å². The molecule has 0 aliphatic carbocycles. The average molecular weight is 452 g/mol. The van der Waals surface area contributed by atoms with Crippen molar-refractivity contribution in [2.75, 3.05) is 39.4 Å². The molecule has 5 nitrogen and oxygen atoms in total. The fourth-order valence-electron chi connectivity index (χ4n) is 4.74. The molecular formula is C25H42ClN3O2. The maximum absolute atomic E-state index is 13.7. The topological polar surface area (TPSA) is 67.6 Å². The summed E-state index contributed by atoms with van der Waals surface area (Å²) in [5.41, 5.74) is 6.65. The van der Waals surface area contributed by atoms with Crippen molar-refractivity contribution in [3.8, 4) is 0 Å². The molecule has 2 rings (SSSR count). The van der Waals surface area contributed by atoms with Gasteiger partial charge in [0, 0.05) is 31.6 Å². The molecule has 1 fully saturated rings. The normalized spacial score (nSPS) is 26.7. The second-order valence-corrected chi connectivity index (χ2v) is 9.90. The molecule has 6 heteroatoms. The highest BCUT2D eigenvalue weighted by Gasteiger charge is 2.35. The molecule has 1 aromatic carbocycles. The quantitative estimate of drug-likeness (QED) is 0.421. The highest BCUT2D eigenvalue weighted by molar-refractivity contribution is 6.20. The summed E-state index contributed by atoms with van der Waals surface area (Å²) in [6.07, 6.45) is 1.62. The van der Waals surface area contributed by atoms with Crippen LogP contribution in [0.15, 0.2) is 30.3 Å². The van der Waals surface area contributed by atoms with Crippen molar-refractivity contribution in [2.45, 2.75) is 52.0 Å². The lowest BCUT2D eigenvalue weighted by Gasteiger charge is -2.41. The van der Waals surface area contributed by atoms with Crippen LogP contribution >= 0.6 is 11.6 Å². The zero-order valence-electron chi connectivity index (χ0n) is 19.7. The molecule has 1 aliphatic rings. The Labute approximate surface area is 194 Å². The lowest BCUT2D eigenvalue weighted by Crippen LogP contribution is -2.52. The van der Waals surface area contributed by atoms with Crippen LogP contribution in [0.4, 0.5) is 0 Å². The lowest BCUT2D eigenvalue weighted by molar-refractivity contribution is -0.135. The number of nitrogens with one attached hydrogen (secondary N) is 1. The van der Waals surface area contributed by atoms with Gasteiger partial charge in [-0.25, -0.2) is 0 Å². The standard InChI is InChI=1S/C25H42ClN3O2/c1-18-17-29(13-10-23(21(4)26)20(3)19(18)2)25(30)24(28-12-15-31-14-11-27)16-22-8-6-5-7-9-22/h5-9,18-21,23-24,28H,10-17,27H2,1-4H3/t18?,19?,20-,21+,23+,24-/m0/s1. The predicted octanol–water partition coefficient (Wildman–Crippen LogP) is 3.55. The largest absolute Gasteiger partial charge is 0.379 e. The van der Waals surface area contributed by atoms with Gasteiger partial charge >= 0.3 is 0 Å². The summed E-state index contributed by atoms with van der Waals surface area (Å²) >= 11 is 6.56. The molecule has 1 amide bonds. The maximum atomic E-state index is 13.7. The Morgan fingerprint density at radius 3 is 2.58 bits per heavy atom. The third kappa shape index (κ3) is 8.05. The van der Waals surface area contributed by atoms with E-state index in [1.165, 1.54) is 0 Å². The Hall–Kier alpha value is -1.14. The van der Waals surface area contributed by atoms with E-state index in [0.29, 0.717) is 56.4 Å². The summed E-state index contributed by atoms with van der Waals surface area (Å²) in [4.78, 5) is 15.7. The minimum Gasteiger partial charge on any atom is -0.379 e. The molecule has 0 saturated carbocycles. The summed E-state index contributed by atoms with van der Waals surface area (Å²) in [7, 11) is 0. The molecule has 1 heterocycles. The Balaban J connectivity index is 2.12. The Morgan fingerprint density at radius 1 is 1.23 bits per heavy atom. The Kier molecular flexibility index (Phi) is 11.3. The molecule has 1 saturated heterocycles. The van der Waals surface area contributed by atoms with Gasteiger partial charge in [-0.1, -0.05) is 51.1 Å². The van der Waals surface area contributed by atoms with E-state index in [4.69, 9.17) is 22.1 Å². The van der Waals surface area contributed by atoms with Gasteiger partial charge in [-0.05, 0) is 49.0 Å². The fourth-order valence-corrected chi connectivity index (χ4v) is 5.09. The van der Waals surface area contributed by atoms with Gasteiger partial charge in [-0.15, -0.1) is 11.6 Å². The van der Waals surface area contributed by atoms with Crippen LogP contribution in [0.3, 0.4) is 0 Å². The highest BCUT2D eigenvalue weighted by atomic mass is 35.5. The Morgan fingerprint density at radius 2 is 1.94 bits per heavy atom. The third-order valence-electron chi connectivity index (χ3n) is 7.02. The summed E-state index contributed by atoms with van der Waals surface area (Å²) in [6, 6.07) is 9.94. The number of halogens is 1. The predicted molar refractivity (Wildman–Crippen MR) is 129 cm³/mol. The number of hydrogen-bond acceptors (Lipinski definition) is 4. The molecule has 176 valence electrons. The van der Waals surface area contributed by atoms with E-state index < -0.39 is 0 Å². The van der Waals surface area contributed by atoms with Crippen molar-refractivity contribution in [3.05, 3.63) is 35.9 Å². The number of nitrogens with zero attached hydrogens (tertiary/aromatic N) is 1. The molecule has 1 aromatic rings. The molecular weight excluding hydrogens is 410 g/mol. The van der Waals surface area contributed by atoms with Gasteiger partial charge < -0.3 is 20.7 Å². The SMILES string of the molecule is CC1CN(C(=O)[C@H](Cc2ccccc2)NCCOCCN)CC[C@@H]([C@@H](C)Cl)[C@@H](C)C1C. The number of rotatable bonds is 10. The molecule has 0 spiro atoms. The van der Waals surface area contributed by atoms with Crippen molar-refractivity contribution in [2.24, 2.45) is 29.4 Å². The number of amides is 1. The van der Waals surface area contributed by atoms with Crippen LogP contribution in [0.5, 0.6) is 0 Å². The molecule has 3 N–H and O–H groups in total. The van der Waals surface area contributed by atoms with Crippen LogP contribution < -0.4 is 11.1 Å². The van der Waals surface area contributed by atoms with Crippen LogP contribution in [-0.4, -0.2) is 61.6 Å². The number of alkyl halides is 1. The average Bonchev–Trinajstić information content (AvgIpc) is 2.76. The second-order valence-electron chi connectivity index (χ2n) is 9.21. The van der Waals surface area contributed by atoms with Gasteiger partial charge in [0.2, 0.25) is 5.91 Å². The van der Waals surface area contributed by atoms with Crippen molar-refractivity contribution in [1.29, 1.82) is 0 Å². The fraction of sp³-hybridized carbons (Fsp3) is 0.720. The van der Waals surface area contributed by atoms with E-state index >= 15 is 0 Å². The summed E-state index contributed by atoms with van der Waals surface area (Å²) < 4.78 is 5.50. The van der Waals surface area contributed by atoms with Gasteiger partial charge in [-0.2, -0.15) is 0 Å². The maximum Gasteiger partial charge on any atom is 0.240 e. The van der Waals surface area contributed by atoms with Crippen LogP contribution in [0, 0.1) is 23.7 Å². The minimum absolute atomic E-state index is 0.109. The van der Waals surface area contributed by atoms with E-state index in [-0.39, 0.29) is 17.3 Å². The first kappa shape index (κ1) is 26.1. The van der Waals surface area contributed by atoms with Crippen LogP contribution in [-0.2, 0) is 16.0 Å². The van der Waals surface area contributed by atoms with Crippen molar-refractivity contribution >= 4 is 17.5 Å². The van der Waals surface area contributed by atoms with Crippen LogP contribution in [0.2, 0.25) is 0 Å². The van der Waals surface area contributed by atoms with E-state index in [1.54, 1.807) is 0 Å². The van der Waals surface area contributed by atoms with E-state index in [9.17, 15) is 4.79 Å². The Bertz CT molecular complexity index is 643. The number of benzene rings is 1. The number of likely N-dealkylation sites (tertiary alicyclic amines) is 1. The number of ether oxygens (including phenoxy) is 1. The first-order valence-electron chi connectivity index (χ1n) is 11.8. The highest BCUT2D eigenvalue weighted by Crippen LogP contribution is 2.35. The van der Waals surface area contributed by atoms with Gasteiger partial charge in [-0.3, -0.25) is 4.79 Å². The molecule has 6 atom stereocenters. The van der Waals surface area contributed by atoms with E-state index in [0.717, 1.165) is 25.1 Å². The number of hydrogen-bond donors (Lipinski definition) is 2. The second kappa shape index (κ2) is 13.4. The first-order valence-corrected chi connectivity index (χ1v) is 12.3. The first-order chi connectivity index (χ1) is 14.8. The molecule has 2 unspecified atom stereocenters. The summed E-state index contributed by atoms with van der Waals surface area (Å²) in [5, 5.41) is 3.55. The third-order valence-corrected chi connectivity index (χ3v) is 7.35. The molecule has 31 heavy (non-hydrogen) atoms. The molecule has 0 bridgehead atoms. The molecule has 1 aliphatic heterocycles. The van der Waals surface area contributed by atoms with Gasteiger partial charge in [0.15, 0.2) is 0 Å². The van der Waals surface area contributed by atoms with Gasteiger partial charge in [0.1, 0.15) is 0 Å². The smallest absolute Gasteiger partial charge is 0.240 e. The lowest BCUT2D eigenvalue weighted by atomic mass is 9.73. The van der Waals surface area contributed by atoms with Gasteiger partial charge in [0.05, 0.1) is 19.3 Å². The number of carbonyl (C=O) groups is 1. The van der Waals surface area contributed by atoms with Gasteiger partial charge in [0.25, 0.3) is 0 Å². The summed E-state index contributed by atoms with van der Waals surface area (Å²) in [5.74, 6) is 2.10. The van der Waals surface area contributed by atoms with Crippen LogP contribution in [0.1, 0.15) is 39.7 Å². The van der Waals surface area contributed by atoms with E-state index in [1.807, 2.05) is 18.2 Å². The van der Waals surface area contributed by atoms with E-state index in [2.05, 4.69) is 50.0 Å².